The molecule has 0 radical (unpaired) electrons. The summed E-state index contributed by atoms with van der Waals surface area (Å²) < 4.78 is 20.3. The summed E-state index contributed by atoms with van der Waals surface area (Å²) >= 11 is 3.63. The predicted octanol–water partition coefficient (Wildman–Crippen LogP) is 6.61. The first-order chi connectivity index (χ1) is 19.3. The van der Waals surface area contributed by atoms with E-state index in [9.17, 15) is 19.1 Å². The van der Waals surface area contributed by atoms with E-state index < -0.39 is 23.5 Å². The number of Topliss-reactive ketones (excluding diaryl/α,β-unsaturated/α-hetero) is 1. The number of aliphatic hydroxyl groups is 1. The number of halogens is 1. The Morgan fingerprint density at radius 2 is 1.88 bits per heavy atom. The SMILES string of the molecule is CCCOc1ccc(C2C(C(=O)c3sc(C)nc3C)=C(O)C(=O)N2c2nnc(SCc3ccccc3F)s2)cc1. The van der Waals surface area contributed by atoms with E-state index >= 15 is 0 Å². The van der Waals surface area contributed by atoms with Crippen molar-refractivity contribution in [1.29, 1.82) is 0 Å². The summed E-state index contributed by atoms with van der Waals surface area (Å²) in [6, 6.07) is 12.6. The maximum Gasteiger partial charge on any atom is 0.296 e. The van der Waals surface area contributed by atoms with Crippen molar-refractivity contribution in [2.45, 2.75) is 43.3 Å². The molecular formula is C28H25FN4O4S3. The molecule has 2 aromatic heterocycles. The minimum Gasteiger partial charge on any atom is -0.503 e. The molecule has 0 aliphatic carbocycles. The molecule has 40 heavy (non-hydrogen) atoms. The average molecular weight is 597 g/mol. The minimum absolute atomic E-state index is 0.0465. The Hall–Kier alpha value is -3.61. The number of carbonyl (C=O) groups is 2. The minimum atomic E-state index is -0.945. The molecule has 1 aliphatic rings. The molecule has 5 rings (SSSR count). The molecule has 0 saturated heterocycles. The third-order valence-corrected chi connectivity index (χ3v) is 9.32. The van der Waals surface area contributed by atoms with Gasteiger partial charge in [-0.3, -0.25) is 14.5 Å². The summed E-state index contributed by atoms with van der Waals surface area (Å²) in [4.78, 5) is 33.3. The molecule has 12 heteroatoms. The summed E-state index contributed by atoms with van der Waals surface area (Å²) in [5.74, 6) is -1.19. The third-order valence-electron chi connectivity index (χ3n) is 6.14. The number of amides is 1. The van der Waals surface area contributed by atoms with Gasteiger partial charge in [-0.05, 0) is 49.6 Å². The quantitative estimate of drug-likeness (QED) is 0.124. The number of hydrogen-bond donors (Lipinski definition) is 1. The van der Waals surface area contributed by atoms with Crippen LogP contribution in [0.4, 0.5) is 9.52 Å². The van der Waals surface area contributed by atoms with Crippen molar-refractivity contribution in [3.05, 3.63) is 92.4 Å². The predicted molar refractivity (Wildman–Crippen MR) is 154 cm³/mol. The van der Waals surface area contributed by atoms with Gasteiger partial charge < -0.3 is 9.84 Å². The summed E-state index contributed by atoms with van der Waals surface area (Å²) in [5.41, 5.74) is 1.60. The van der Waals surface area contributed by atoms with Gasteiger partial charge in [-0.2, -0.15) is 0 Å². The van der Waals surface area contributed by atoms with E-state index in [0.717, 1.165) is 17.8 Å². The van der Waals surface area contributed by atoms with Crippen LogP contribution in [0.15, 0.2) is 64.2 Å². The Morgan fingerprint density at radius 3 is 2.55 bits per heavy atom. The van der Waals surface area contributed by atoms with Crippen molar-refractivity contribution in [3.8, 4) is 5.75 Å². The largest absolute Gasteiger partial charge is 0.503 e. The van der Waals surface area contributed by atoms with Crippen molar-refractivity contribution in [1.82, 2.24) is 15.2 Å². The lowest BCUT2D eigenvalue weighted by atomic mass is 9.95. The van der Waals surface area contributed by atoms with Crippen LogP contribution in [0.2, 0.25) is 0 Å². The fourth-order valence-electron chi connectivity index (χ4n) is 4.29. The van der Waals surface area contributed by atoms with Crippen LogP contribution < -0.4 is 9.64 Å². The number of thioether (sulfide) groups is 1. The van der Waals surface area contributed by atoms with Gasteiger partial charge in [-0.1, -0.05) is 60.4 Å². The smallest absolute Gasteiger partial charge is 0.296 e. The fraction of sp³-hybridized carbons (Fsp3) is 0.250. The van der Waals surface area contributed by atoms with E-state index in [1.165, 1.54) is 34.1 Å². The normalized spacial score (nSPS) is 15.2. The number of anilines is 1. The van der Waals surface area contributed by atoms with Gasteiger partial charge in [0, 0.05) is 5.75 Å². The molecule has 0 fully saturated rings. The molecule has 206 valence electrons. The van der Waals surface area contributed by atoms with Crippen molar-refractivity contribution in [2.75, 3.05) is 11.5 Å². The van der Waals surface area contributed by atoms with Gasteiger partial charge in [0.1, 0.15) is 11.6 Å². The summed E-state index contributed by atoms with van der Waals surface area (Å²) in [7, 11) is 0. The standard InChI is InChI=1S/C28H25FN4O4S3/c1-4-13-37-19-11-9-17(10-12-19)22-21(23(34)25-15(2)30-16(3)39-25)24(35)26(36)33(22)27-31-32-28(40-27)38-14-18-7-5-6-8-20(18)29/h5-12,22,35H,4,13-14H2,1-3H3. The van der Waals surface area contributed by atoms with Crippen molar-refractivity contribution in [3.63, 3.8) is 0 Å². The van der Waals surface area contributed by atoms with Crippen LogP contribution in [-0.4, -0.2) is 38.6 Å². The number of ether oxygens (including phenoxy) is 1. The Bertz CT molecular complexity index is 1600. The molecule has 4 aromatic rings. The highest BCUT2D eigenvalue weighted by atomic mass is 32.2. The zero-order chi connectivity index (χ0) is 28.4. The van der Waals surface area contributed by atoms with Crippen LogP contribution in [0, 0.1) is 19.7 Å². The fourth-order valence-corrected chi connectivity index (χ4v) is 7.02. The number of aliphatic hydroxyl groups excluding tert-OH is 1. The highest BCUT2D eigenvalue weighted by molar-refractivity contribution is 8.00. The maximum atomic E-state index is 14.1. The molecular weight excluding hydrogens is 572 g/mol. The lowest BCUT2D eigenvalue weighted by Crippen LogP contribution is -2.31. The summed E-state index contributed by atoms with van der Waals surface area (Å²) in [5, 5.41) is 20.4. The molecule has 0 spiro atoms. The molecule has 8 nitrogen and oxygen atoms in total. The highest BCUT2D eigenvalue weighted by Gasteiger charge is 2.46. The second-order valence-electron chi connectivity index (χ2n) is 8.96. The second kappa shape index (κ2) is 11.9. The molecule has 1 N–H and O–H groups in total. The van der Waals surface area contributed by atoms with Gasteiger partial charge >= 0.3 is 0 Å². The monoisotopic (exact) mass is 596 g/mol. The van der Waals surface area contributed by atoms with Crippen LogP contribution in [0.5, 0.6) is 5.75 Å². The number of aromatic nitrogens is 3. The molecule has 1 amide bonds. The number of aryl methyl sites for hydroxylation is 2. The number of ketones is 1. The molecule has 3 heterocycles. The first-order valence-corrected chi connectivity index (χ1v) is 15.1. The van der Waals surface area contributed by atoms with E-state index in [-0.39, 0.29) is 16.5 Å². The van der Waals surface area contributed by atoms with E-state index in [2.05, 4.69) is 15.2 Å². The van der Waals surface area contributed by atoms with Gasteiger partial charge in [0.15, 0.2) is 10.1 Å². The topological polar surface area (TPSA) is 106 Å². The summed E-state index contributed by atoms with van der Waals surface area (Å²) in [6.07, 6.45) is 0.851. The van der Waals surface area contributed by atoms with Crippen LogP contribution in [-0.2, 0) is 10.5 Å². The number of hydrogen-bond acceptors (Lipinski definition) is 10. The third kappa shape index (κ3) is 5.51. The number of carbonyl (C=O) groups excluding carboxylic acids is 2. The Kier molecular flexibility index (Phi) is 8.29. The molecule has 0 saturated carbocycles. The summed E-state index contributed by atoms with van der Waals surface area (Å²) in [6.45, 7) is 6.08. The van der Waals surface area contributed by atoms with Gasteiger partial charge in [-0.15, -0.1) is 21.5 Å². The van der Waals surface area contributed by atoms with E-state index in [0.29, 0.717) is 49.2 Å². The zero-order valence-electron chi connectivity index (χ0n) is 21.9. The van der Waals surface area contributed by atoms with Gasteiger partial charge in [0.2, 0.25) is 10.9 Å². The highest BCUT2D eigenvalue weighted by Crippen LogP contribution is 2.44. The number of rotatable bonds is 10. The molecule has 1 aliphatic heterocycles. The zero-order valence-corrected chi connectivity index (χ0v) is 24.3. The Morgan fingerprint density at radius 1 is 1.12 bits per heavy atom. The van der Waals surface area contributed by atoms with Crippen LogP contribution in [0.1, 0.15) is 50.9 Å². The molecule has 0 bridgehead atoms. The van der Waals surface area contributed by atoms with Gasteiger partial charge in [-0.25, -0.2) is 9.37 Å². The van der Waals surface area contributed by atoms with Crippen LogP contribution in [0.3, 0.4) is 0 Å². The lowest BCUT2D eigenvalue weighted by molar-refractivity contribution is -0.117. The first kappa shape index (κ1) is 27.9. The Balaban J connectivity index is 1.50. The van der Waals surface area contributed by atoms with Gasteiger partial charge in [0.05, 0.1) is 33.8 Å². The lowest BCUT2D eigenvalue weighted by Gasteiger charge is -2.24. The number of nitrogens with zero attached hydrogens (tertiary/aromatic N) is 4. The number of thiazole rings is 1. The first-order valence-electron chi connectivity index (χ1n) is 12.5. The van der Waals surface area contributed by atoms with Crippen molar-refractivity contribution >= 4 is 51.3 Å². The van der Waals surface area contributed by atoms with E-state index in [4.69, 9.17) is 4.74 Å². The van der Waals surface area contributed by atoms with E-state index in [1.54, 1.807) is 56.3 Å². The van der Waals surface area contributed by atoms with Crippen LogP contribution in [0.25, 0.3) is 0 Å². The van der Waals surface area contributed by atoms with Crippen molar-refractivity contribution < 1.29 is 23.8 Å². The Labute approximate surface area is 242 Å². The molecule has 2 aromatic carbocycles. The van der Waals surface area contributed by atoms with E-state index in [1.807, 2.05) is 6.92 Å². The number of benzene rings is 2. The molecule has 1 unspecified atom stereocenters. The maximum absolute atomic E-state index is 14.1. The average Bonchev–Trinajstić information content (AvgIpc) is 3.62. The van der Waals surface area contributed by atoms with Crippen molar-refractivity contribution in [2.24, 2.45) is 0 Å². The molecule has 1 atom stereocenters. The van der Waals surface area contributed by atoms with Crippen LogP contribution >= 0.6 is 34.4 Å². The van der Waals surface area contributed by atoms with Gasteiger partial charge in [0.25, 0.3) is 5.91 Å². The second-order valence-corrected chi connectivity index (χ2v) is 12.3.